The minimum absolute atomic E-state index is 0.0899. The monoisotopic (exact) mass is 343 g/mol. The molecular weight excluding hydrogens is 332 g/mol. The topological polar surface area (TPSA) is 12.4 Å². The van der Waals surface area contributed by atoms with Gasteiger partial charge < -0.3 is 0 Å². The molecule has 1 heterocycles. The van der Waals surface area contributed by atoms with Crippen molar-refractivity contribution in [3.05, 3.63) is 57.3 Å². The summed E-state index contributed by atoms with van der Waals surface area (Å²) in [6.45, 7) is 0. The SMILES string of the molecule is Fc1cc(N=C=S)cc(F)c1C#Cc1ccc(C2=CCCC2)s1. The van der Waals surface area contributed by atoms with Gasteiger partial charge in [-0.05, 0) is 49.2 Å². The van der Waals surface area contributed by atoms with Crippen LogP contribution in [0.1, 0.15) is 34.6 Å². The Balaban J connectivity index is 1.88. The fourth-order valence-corrected chi connectivity index (χ4v) is 3.43. The van der Waals surface area contributed by atoms with Crippen LogP contribution in [0.5, 0.6) is 0 Å². The Bertz CT molecular complexity index is 870. The van der Waals surface area contributed by atoms with Gasteiger partial charge in [-0.2, -0.15) is 4.99 Å². The van der Waals surface area contributed by atoms with Gasteiger partial charge in [0.25, 0.3) is 0 Å². The van der Waals surface area contributed by atoms with Gasteiger partial charge in [0.15, 0.2) is 0 Å². The molecule has 0 unspecified atom stereocenters. The van der Waals surface area contributed by atoms with E-state index < -0.39 is 11.6 Å². The van der Waals surface area contributed by atoms with Crippen molar-refractivity contribution in [1.82, 2.24) is 0 Å². The molecule has 0 saturated carbocycles. The minimum atomic E-state index is -0.753. The smallest absolute Gasteiger partial charge is 0.143 e. The Kier molecular flexibility index (Phi) is 4.78. The number of benzene rings is 1. The zero-order valence-corrected chi connectivity index (χ0v) is 13.7. The molecule has 1 aromatic heterocycles. The number of rotatable bonds is 2. The van der Waals surface area contributed by atoms with E-state index in [9.17, 15) is 8.78 Å². The first-order chi connectivity index (χ1) is 11.2. The summed E-state index contributed by atoms with van der Waals surface area (Å²) >= 11 is 5.97. The molecule has 0 saturated heterocycles. The Hall–Kier alpha value is -2.12. The number of aliphatic imine (C=N–C) groups is 1. The maximum Gasteiger partial charge on any atom is 0.143 e. The summed E-state index contributed by atoms with van der Waals surface area (Å²) in [7, 11) is 0. The van der Waals surface area contributed by atoms with Crippen LogP contribution in [0.4, 0.5) is 14.5 Å². The summed E-state index contributed by atoms with van der Waals surface area (Å²) < 4.78 is 27.8. The summed E-state index contributed by atoms with van der Waals surface area (Å²) in [4.78, 5) is 5.53. The highest BCUT2D eigenvalue weighted by Gasteiger charge is 2.10. The molecule has 1 aliphatic carbocycles. The second kappa shape index (κ2) is 6.97. The summed E-state index contributed by atoms with van der Waals surface area (Å²) in [6, 6.07) is 6.08. The van der Waals surface area contributed by atoms with Crippen LogP contribution in [0.25, 0.3) is 5.57 Å². The molecule has 5 heteroatoms. The van der Waals surface area contributed by atoms with Crippen LogP contribution in [-0.4, -0.2) is 5.16 Å². The number of hydrogen-bond donors (Lipinski definition) is 0. The lowest BCUT2D eigenvalue weighted by Crippen LogP contribution is -1.89. The van der Waals surface area contributed by atoms with Crippen molar-refractivity contribution in [2.75, 3.05) is 0 Å². The van der Waals surface area contributed by atoms with Gasteiger partial charge in [-0.1, -0.05) is 17.9 Å². The summed E-state index contributed by atoms with van der Waals surface area (Å²) in [5.41, 5.74) is 1.17. The molecule has 0 fully saturated rings. The molecule has 1 nitrogen and oxygen atoms in total. The molecule has 23 heavy (non-hydrogen) atoms. The Morgan fingerprint density at radius 1 is 1.13 bits per heavy atom. The standard InChI is InChI=1S/C18H11F2NS2/c19-16-9-13(21-11-22)10-17(20)15(16)7-5-14-6-8-18(23-14)12-3-1-2-4-12/h3,6,8-10H,1-2,4H2. The van der Waals surface area contributed by atoms with Crippen LogP contribution in [0.15, 0.2) is 35.3 Å². The van der Waals surface area contributed by atoms with Crippen molar-refractivity contribution in [1.29, 1.82) is 0 Å². The number of halogens is 2. The van der Waals surface area contributed by atoms with Crippen LogP contribution in [0.3, 0.4) is 0 Å². The van der Waals surface area contributed by atoms with Gasteiger partial charge in [-0.3, -0.25) is 0 Å². The number of allylic oxidation sites excluding steroid dienone is 2. The van der Waals surface area contributed by atoms with Gasteiger partial charge in [0, 0.05) is 17.0 Å². The van der Waals surface area contributed by atoms with Gasteiger partial charge in [0.05, 0.1) is 21.3 Å². The normalized spacial score (nSPS) is 13.0. The van der Waals surface area contributed by atoms with E-state index in [1.807, 2.05) is 12.1 Å². The molecule has 0 N–H and O–H groups in total. The molecule has 0 spiro atoms. The van der Waals surface area contributed by atoms with Crippen LogP contribution in [0, 0.1) is 23.5 Å². The van der Waals surface area contributed by atoms with Gasteiger partial charge in [-0.15, -0.1) is 11.3 Å². The summed E-state index contributed by atoms with van der Waals surface area (Å²) in [5, 5.41) is 2.08. The van der Waals surface area contributed by atoms with Crippen molar-refractivity contribution in [3.63, 3.8) is 0 Å². The number of thiocarbonyl (C=S) groups is 1. The second-order valence-electron chi connectivity index (χ2n) is 5.02. The predicted molar refractivity (Wildman–Crippen MR) is 93.2 cm³/mol. The third kappa shape index (κ3) is 3.62. The molecule has 114 valence electrons. The van der Waals surface area contributed by atoms with Crippen LogP contribution in [0.2, 0.25) is 0 Å². The van der Waals surface area contributed by atoms with Crippen LogP contribution >= 0.6 is 23.6 Å². The molecule has 1 aliphatic rings. The Morgan fingerprint density at radius 3 is 2.57 bits per heavy atom. The van der Waals surface area contributed by atoms with Crippen molar-refractivity contribution in [2.24, 2.45) is 4.99 Å². The van der Waals surface area contributed by atoms with E-state index in [-0.39, 0.29) is 11.3 Å². The second-order valence-corrected chi connectivity index (χ2v) is 6.29. The summed E-state index contributed by atoms with van der Waals surface area (Å²) in [5.74, 6) is 3.90. The van der Waals surface area contributed by atoms with E-state index in [2.05, 4.69) is 40.3 Å². The molecule has 0 amide bonds. The predicted octanol–water partition coefficient (Wildman–Crippen LogP) is 5.73. The highest BCUT2D eigenvalue weighted by atomic mass is 32.1. The van der Waals surface area contributed by atoms with E-state index in [0.717, 1.165) is 29.9 Å². The van der Waals surface area contributed by atoms with Gasteiger partial charge in [0.2, 0.25) is 0 Å². The van der Waals surface area contributed by atoms with Crippen molar-refractivity contribution in [3.8, 4) is 11.8 Å². The van der Waals surface area contributed by atoms with E-state index >= 15 is 0 Å². The Labute approximate surface area is 142 Å². The lowest BCUT2D eigenvalue weighted by Gasteiger charge is -1.98. The first-order valence-electron chi connectivity index (χ1n) is 7.05. The van der Waals surface area contributed by atoms with Gasteiger partial charge in [0.1, 0.15) is 11.6 Å². The first kappa shape index (κ1) is 15.8. The first-order valence-corrected chi connectivity index (χ1v) is 8.28. The maximum absolute atomic E-state index is 13.9. The van der Waals surface area contributed by atoms with Crippen molar-refractivity contribution >= 4 is 40.0 Å². The van der Waals surface area contributed by atoms with E-state index in [4.69, 9.17) is 0 Å². The fourth-order valence-electron chi connectivity index (χ4n) is 2.39. The lowest BCUT2D eigenvalue weighted by atomic mass is 10.1. The van der Waals surface area contributed by atoms with E-state index in [0.29, 0.717) is 0 Å². The number of isothiocyanates is 1. The molecule has 0 bridgehead atoms. The third-order valence-electron chi connectivity index (χ3n) is 3.48. The summed E-state index contributed by atoms with van der Waals surface area (Å²) in [6.07, 6.45) is 5.61. The molecule has 0 aliphatic heterocycles. The largest absolute Gasteiger partial charge is 0.205 e. The van der Waals surface area contributed by atoms with Crippen molar-refractivity contribution in [2.45, 2.75) is 19.3 Å². The highest BCUT2D eigenvalue weighted by Crippen LogP contribution is 2.32. The molecular formula is C18H11F2NS2. The molecule has 2 aromatic rings. The third-order valence-corrected chi connectivity index (χ3v) is 4.64. The zero-order chi connectivity index (χ0) is 16.2. The van der Waals surface area contributed by atoms with Crippen LogP contribution < -0.4 is 0 Å². The Morgan fingerprint density at radius 2 is 1.91 bits per heavy atom. The lowest BCUT2D eigenvalue weighted by molar-refractivity contribution is 0.578. The zero-order valence-electron chi connectivity index (χ0n) is 12.0. The minimum Gasteiger partial charge on any atom is -0.205 e. The number of thiophene rings is 1. The van der Waals surface area contributed by atoms with Gasteiger partial charge >= 0.3 is 0 Å². The van der Waals surface area contributed by atoms with Gasteiger partial charge in [-0.25, -0.2) is 8.78 Å². The molecule has 1 aromatic carbocycles. The molecule has 0 radical (unpaired) electrons. The van der Waals surface area contributed by atoms with E-state index in [1.54, 1.807) is 11.3 Å². The maximum atomic E-state index is 13.9. The fraction of sp³-hybridized carbons (Fsp3) is 0.167. The number of nitrogens with zero attached hydrogens (tertiary/aromatic N) is 1. The highest BCUT2D eigenvalue weighted by molar-refractivity contribution is 7.78. The van der Waals surface area contributed by atoms with Crippen LogP contribution in [-0.2, 0) is 0 Å². The average Bonchev–Trinajstić information content (AvgIpc) is 3.18. The molecule has 0 atom stereocenters. The van der Waals surface area contributed by atoms with Crippen molar-refractivity contribution < 1.29 is 8.78 Å². The van der Waals surface area contributed by atoms with E-state index in [1.165, 1.54) is 16.9 Å². The molecule has 3 rings (SSSR count). The average molecular weight is 343 g/mol. The quantitative estimate of drug-likeness (QED) is 0.385. The number of hydrogen-bond acceptors (Lipinski definition) is 3.